The van der Waals surface area contributed by atoms with Crippen LogP contribution in [-0.2, 0) is 9.53 Å². The molecule has 0 aromatic heterocycles. The third-order valence-corrected chi connectivity index (χ3v) is 1.52. The summed E-state index contributed by atoms with van der Waals surface area (Å²) < 4.78 is 4.48. The van der Waals surface area contributed by atoms with Gasteiger partial charge in [-0.3, -0.25) is 9.79 Å². The minimum atomic E-state index is -0.207. The minimum Gasteiger partial charge on any atom is -0.469 e. The zero-order chi connectivity index (χ0) is 8.81. The highest BCUT2D eigenvalue weighted by Crippen LogP contribution is 1.84. The zero-order valence-corrected chi connectivity index (χ0v) is 7.09. The van der Waals surface area contributed by atoms with Gasteiger partial charge >= 0.3 is 5.97 Å². The molecule has 0 aromatic carbocycles. The van der Waals surface area contributed by atoms with Crippen molar-refractivity contribution < 1.29 is 9.53 Å². The van der Waals surface area contributed by atoms with E-state index in [9.17, 15) is 4.79 Å². The Morgan fingerprint density at radius 3 is 3.25 bits per heavy atom. The summed E-state index contributed by atoms with van der Waals surface area (Å²) in [5.74, 6) is 0.569. The molecule has 5 nitrogen and oxygen atoms in total. The molecule has 0 radical (unpaired) electrons. The number of nitrogens with one attached hydrogen (secondary N) is 2. The van der Waals surface area contributed by atoms with E-state index in [4.69, 9.17) is 0 Å². The molecule has 0 atom stereocenters. The number of hydrogen-bond donors (Lipinski definition) is 2. The highest BCUT2D eigenvalue weighted by atomic mass is 16.5. The van der Waals surface area contributed by atoms with Gasteiger partial charge in [-0.15, -0.1) is 0 Å². The maximum atomic E-state index is 10.7. The summed E-state index contributed by atoms with van der Waals surface area (Å²) in [5.41, 5.74) is 0. The maximum Gasteiger partial charge on any atom is 0.307 e. The van der Waals surface area contributed by atoms with Crippen LogP contribution in [0.4, 0.5) is 0 Å². The van der Waals surface area contributed by atoms with E-state index in [1.165, 1.54) is 7.11 Å². The number of esters is 1. The number of nitrogens with zero attached hydrogens (tertiary/aromatic N) is 1. The number of aliphatic imine (C=N–C) groups is 1. The summed E-state index contributed by atoms with van der Waals surface area (Å²) in [5, 5.41) is 6.02. The van der Waals surface area contributed by atoms with E-state index in [0.717, 1.165) is 19.0 Å². The van der Waals surface area contributed by atoms with Crippen molar-refractivity contribution in [2.24, 2.45) is 4.99 Å². The van der Waals surface area contributed by atoms with Gasteiger partial charge in [0.05, 0.1) is 20.1 Å². The van der Waals surface area contributed by atoms with Crippen LogP contribution in [0.3, 0.4) is 0 Å². The van der Waals surface area contributed by atoms with Crippen molar-refractivity contribution in [2.75, 3.05) is 26.7 Å². The van der Waals surface area contributed by atoms with Crippen LogP contribution < -0.4 is 10.6 Å². The average Bonchev–Trinajstić information content (AvgIpc) is 2.57. The van der Waals surface area contributed by atoms with E-state index in [0.29, 0.717) is 13.0 Å². The van der Waals surface area contributed by atoms with E-state index >= 15 is 0 Å². The minimum absolute atomic E-state index is 0.207. The Labute approximate surface area is 71.2 Å². The summed E-state index contributed by atoms with van der Waals surface area (Å²) in [6.45, 7) is 2.25. The van der Waals surface area contributed by atoms with Crippen molar-refractivity contribution in [1.29, 1.82) is 0 Å². The van der Waals surface area contributed by atoms with Crippen LogP contribution in [0.15, 0.2) is 4.99 Å². The molecule has 0 unspecified atom stereocenters. The standard InChI is InChI=1S/C7H13N3O2/c1-12-6(11)2-3-8-7-9-4-5-10-7/h2-5H2,1H3,(H2,8,9,10). The van der Waals surface area contributed by atoms with Crippen LogP contribution >= 0.6 is 0 Å². The lowest BCUT2D eigenvalue weighted by Gasteiger charge is -2.04. The Morgan fingerprint density at radius 1 is 1.83 bits per heavy atom. The van der Waals surface area contributed by atoms with Gasteiger partial charge in [0.2, 0.25) is 0 Å². The molecule has 0 aliphatic carbocycles. The Kier molecular flexibility index (Phi) is 3.37. The van der Waals surface area contributed by atoms with E-state index in [1.807, 2.05) is 0 Å². The smallest absolute Gasteiger partial charge is 0.307 e. The van der Waals surface area contributed by atoms with E-state index < -0.39 is 0 Å². The van der Waals surface area contributed by atoms with E-state index in [-0.39, 0.29) is 5.97 Å². The van der Waals surface area contributed by atoms with Crippen molar-refractivity contribution in [1.82, 2.24) is 10.6 Å². The second-order valence-electron chi connectivity index (χ2n) is 2.41. The average molecular weight is 171 g/mol. The van der Waals surface area contributed by atoms with Crippen LogP contribution in [0.5, 0.6) is 0 Å². The van der Waals surface area contributed by atoms with Crippen LogP contribution in [0.1, 0.15) is 6.42 Å². The molecule has 2 N–H and O–H groups in total. The monoisotopic (exact) mass is 171 g/mol. The normalized spacial score (nSPS) is 14.9. The quantitative estimate of drug-likeness (QED) is 0.540. The molecule has 0 bridgehead atoms. The summed E-state index contributed by atoms with van der Waals surface area (Å²) in [6, 6.07) is 0. The Bertz CT molecular complexity index is 191. The fourth-order valence-electron chi connectivity index (χ4n) is 0.901. The lowest BCUT2D eigenvalue weighted by atomic mass is 10.4. The second kappa shape index (κ2) is 4.58. The highest BCUT2D eigenvalue weighted by Gasteiger charge is 2.04. The second-order valence-corrected chi connectivity index (χ2v) is 2.41. The first-order valence-electron chi connectivity index (χ1n) is 3.92. The van der Waals surface area contributed by atoms with Gasteiger partial charge in [-0.05, 0) is 0 Å². The molecule has 0 saturated carbocycles. The number of rotatable bonds is 3. The van der Waals surface area contributed by atoms with Crippen LogP contribution in [0.25, 0.3) is 0 Å². The Hall–Kier alpha value is -1.26. The molecule has 0 spiro atoms. The third kappa shape index (κ3) is 2.77. The fraction of sp³-hybridized carbons (Fsp3) is 0.714. The van der Waals surface area contributed by atoms with Crippen molar-refractivity contribution >= 4 is 11.9 Å². The summed E-state index contributed by atoms with van der Waals surface area (Å²) in [7, 11) is 1.38. The molecule has 1 aliphatic heterocycles. The van der Waals surface area contributed by atoms with Crippen LogP contribution in [-0.4, -0.2) is 38.7 Å². The lowest BCUT2D eigenvalue weighted by molar-refractivity contribution is -0.140. The first kappa shape index (κ1) is 8.83. The molecular weight excluding hydrogens is 158 g/mol. The van der Waals surface area contributed by atoms with Gasteiger partial charge in [-0.2, -0.15) is 0 Å². The molecule has 68 valence electrons. The first-order valence-corrected chi connectivity index (χ1v) is 3.92. The predicted molar refractivity (Wildman–Crippen MR) is 44.9 cm³/mol. The van der Waals surface area contributed by atoms with Gasteiger partial charge in [-0.25, -0.2) is 0 Å². The highest BCUT2D eigenvalue weighted by molar-refractivity contribution is 5.81. The molecule has 12 heavy (non-hydrogen) atoms. The Balaban J connectivity index is 2.05. The number of guanidine groups is 1. The van der Waals surface area contributed by atoms with Gasteiger partial charge in [0.25, 0.3) is 0 Å². The predicted octanol–water partition coefficient (Wildman–Crippen LogP) is -0.902. The number of carbonyl (C=O) groups excluding carboxylic acids is 1. The third-order valence-electron chi connectivity index (χ3n) is 1.52. The molecule has 0 amide bonds. The summed E-state index contributed by atoms with van der Waals surface area (Å²) in [4.78, 5) is 14.8. The van der Waals surface area contributed by atoms with Crippen molar-refractivity contribution in [3.8, 4) is 0 Å². The van der Waals surface area contributed by atoms with Gasteiger partial charge in [0.1, 0.15) is 0 Å². The molecular formula is C7H13N3O2. The van der Waals surface area contributed by atoms with Crippen LogP contribution in [0.2, 0.25) is 0 Å². The van der Waals surface area contributed by atoms with E-state index in [2.05, 4.69) is 20.4 Å². The number of carbonyl (C=O) groups is 1. The number of hydrogen-bond acceptors (Lipinski definition) is 5. The van der Waals surface area contributed by atoms with Crippen LogP contribution in [0, 0.1) is 0 Å². The van der Waals surface area contributed by atoms with Gasteiger partial charge < -0.3 is 15.4 Å². The maximum absolute atomic E-state index is 10.7. The van der Waals surface area contributed by atoms with Gasteiger partial charge in [-0.1, -0.05) is 0 Å². The van der Waals surface area contributed by atoms with Crippen molar-refractivity contribution in [3.63, 3.8) is 0 Å². The molecule has 5 heteroatoms. The largest absolute Gasteiger partial charge is 0.469 e. The van der Waals surface area contributed by atoms with Crippen molar-refractivity contribution in [3.05, 3.63) is 0 Å². The Morgan fingerprint density at radius 2 is 2.67 bits per heavy atom. The zero-order valence-electron chi connectivity index (χ0n) is 7.09. The summed E-state index contributed by atoms with van der Waals surface area (Å²) >= 11 is 0. The lowest BCUT2D eigenvalue weighted by Crippen LogP contribution is -2.35. The fourth-order valence-corrected chi connectivity index (χ4v) is 0.901. The molecule has 0 aromatic rings. The SMILES string of the molecule is COC(=O)CCNC1=NCCN1. The number of methoxy groups -OCH3 is 1. The first-order chi connectivity index (χ1) is 5.83. The van der Waals surface area contributed by atoms with Crippen molar-refractivity contribution in [2.45, 2.75) is 6.42 Å². The number of ether oxygens (including phenoxy) is 1. The molecule has 1 heterocycles. The van der Waals surface area contributed by atoms with Gasteiger partial charge in [0.15, 0.2) is 5.96 Å². The molecule has 1 rings (SSSR count). The molecule has 0 fully saturated rings. The molecule has 1 aliphatic rings. The summed E-state index contributed by atoms with van der Waals surface area (Å²) in [6.07, 6.45) is 0.372. The molecule has 0 saturated heterocycles. The van der Waals surface area contributed by atoms with Gasteiger partial charge in [0, 0.05) is 13.1 Å². The van der Waals surface area contributed by atoms with E-state index in [1.54, 1.807) is 0 Å². The topological polar surface area (TPSA) is 62.7 Å².